The van der Waals surface area contributed by atoms with Crippen LogP contribution in [-0.2, 0) is 6.54 Å². The highest BCUT2D eigenvalue weighted by Gasteiger charge is 2.04. The molecule has 1 aromatic rings. The van der Waals surface area contributed by atoms with Crippen LogP contribution in [0.1, 0.15) is 24.5 Å². The molecule has 0 radical (unpaired) electrons. The van der Waals surface area contributed by atoms with Crippen molar-refractivity contribution in [3.63, 3.8) is 0 Å². The summed E-state index contributed by atoms with van der Waals surface area (Å²) in [6, 6.07) is 9.73. The average Bonchev–Trinajstić information content (AvgIpc) is 2.56. The molecular weight excluding hydrogens is 210 g/mol. The number of nitrogens with zero attached hydrogens (tertiary/aromatic N) is 3. The standard InChI is InChI=1S/C14H15N3/c1-12-3-2-8-17(16-10-12)11-14-6-4-13(9-15)5-7-14/h2,4-8,10,12H,3,11H2,1H3. The van der Waals surface area contributed by atoms with Crippen molar-refractivity contribution in [3.05, 3.63) is 47.7 Å². The quantitative estimate of drug-likeness (QED) is 0.776. The maximum Gasteiger partial charge on any atom is 0.0991 e. The van der Waals surface area contributed by atoms with E-state index in [2.05, 4.69) is 24.2 Å². The van der Waals surface area contributed by atoms with E-state index in [9.17, 15) is 0 Å². The maximum atomic E-state index is 8.72. The molecule has 17 heavy (non-hydrogen) atoms. The van der Waals surface area contributed by atoms with Gasteiger partial charge in [-0.3, -0.25) is 5.01 Å². The van der Waals surface area contributed by atoms with Crippen molar-refractivity contribution in [2.45, 2.75) is 19.9 Å². The monoisotopic (exact) mass is 225 g/mol. The Morgan fingerprint density at radius 3 is 2.88 bits per heavy atom. The van der Waals surface area contributed by atoms with Gasteiger partial charge in [0, 0.05) is 12.4 Å². The summed E-state index contributed by atoms with van der Waals surface area (Å²) in [4.78, 5) is 0. The second kappa shape index (κ2) is 5.31. The SMILES string of the molecule is CC1C=NN(Cc2ccc(C#N)cc2)C=CC1. The molecule has 0 amide bonds. The Hall–Kier alpha value is -2.08. The summed E-state index contributed by atoms with van der Waals surface area (Å²) in [7, 11) is 0. The van der Waals surface area contributed by atoms with Crippen molar-refractivity contribution in [2.75, 3.05) is 0 Å². The second-order valence-corrected chi connectivity index (χ2v) is 4.27. The molecule has 0 saturated carbocycles. The average molecular weight is 225 g/mol. The largest absolute Gasteiger partial charge is 0.269 e. The topological polar surface area (TPSA) is 39.4 Å². The molecule has 0 aromatic heterocycles. The fraction of sp³-hybridized carbons (Fsp3) is 0.286. The third kappa shape index (κ3) is 3.18. The summed E-state index contributed by atoms with van der Waals surface area (Å²) in [5.74, 6) is 0.497. The summed E-state index contributed by atoms with van der Waals surface area (Å²) in [6.45, 7) is 2.89. The van der Waals surface area contributed by atoms with Crippen molar-refractivity contribution in [1.82, 2.24) is 5.01 Å². The van der Waals surface area contributed by atoms with E-state index in [0.717, 1.165) is 18.5 Å². The molecule has 1 aliphatic heterocycles. The van der Waals surface area contributed by atoms with E-state index in [4.69, 9.17) is 5.26 Å². The van der Waals surface area contributed by atoms with E-state index in [1.54, 1.807) is 0 Å². The summed E-state index contributed by atoms with van der Waals surface area (Å²) >= 11 is 0. The van der Waals surface area contributed by atoms with Crippen molar-refractivity contribution in [2.24, 2.45) is 11.0 Å². The van der Waals surface area contributed by atoms with Crippen LogP contribution < -0.4 is 0 Å². The lowest BCUT2D eigenvalue weighted by atomic mass is 10.1. The van der Waals surface area contributed by atoms with Gasteiger partial charge in [-0.25, -0.2) is 0 Å². The minimum Gasteiger partial charge on any atom is -0.269 e. The first-order valence-corrected chi connectivity index (χ1v) is 5.74. The number of hydrogen-bond donors (Lipinski definition) is 0. The predicted molar refractivity (Wildman–Crippen MR) is 68.1 cm³/mol. The molecule has 0 N–H and O–H groups in total. The molecule has 1 atom stereocenters. The molecule has 2 rings (SSSR count). The third-order valence-electron chi connectivity index (χ3n) is 2.68. The van der Waals surface area contributed by atoms with Crippen molar-refractivity contribution in [3.8, 4) is 6.07 Å². The third-order valence-corrected chi connectivity index (χ3v) is 2.68. The highest BCUT2D eigenvalue weighted by molar-refractivity contribution is 5.60. The Balaban J connectivity index is 2.05. The smallest absolute Gasteiger partial charge is 0.0991 e. The van der Waals surface area contributed by atoms with Crippen LogP contribution in [0.4, 0.5) is 0 Å². The van der Waals surface area contributed by atoms with Gasteiger partial charge in [-0.2, -0.15) is 10.4 Å². The van der Waals surface area contributed by atoms with Gasteiger partial charge in [-0.05, 0) is 30.0 Å². The van der Waals surface area contributed by atoms with Crippen LogP contribution in [0.5, 0.6) is 0 Å². The molecule has 1 heterocycles. The molecule has 1 aromatic carbocycles. The van der Waals surface area contributed by atoms with Crippen LogP contribution in [0, 0.1) is 17.2 Å². The molecule has 86 valence electrons. The van der Waals surface area contributed by atoms with Crippen molar-refractivity contribution < 1.29 is 0 Å². The van der Waals surface area contributed by atoms with Gasteiger partial charge in [0.15, 0.2) is 0 Å². The summed E-state index contributed by atoms with van der Waals surface area (Å²) < 4.78 is 0. The fourth-order valence-electron chi connectivity index (χ4n) is 1.66. The molecule has 0 spiro atoms. The lowest BCUT2D eigenvalue weighted by Gasteiger charge is -2.13. The minimum absolute atomic E-state index is 0.497. The maximum absolute atomic E-state index is 8.72. The van der Waals surface area contributed by atoms with E-state index in [-0.39, 0.29) is 0 Å². The number of hydrogen-bond acceptors (Lipinski definition) is 3. The molecule has 0 saturated heterocycles. The zero-order chi connectivity index (χ0) is 12.1. The Labute approximate surface area is 102 Å². The minimum atomic E-state index is 0.497. The fourth-order valence-corrected chi connectivity index (χ4v) is 1.66. The number of hydrazone groups is 1. The molecule has 0 fully saturated rings. The Morgan fingerprint density at radius 2 is 2.18 bits per heavy atom. The summed E-state index contributed by atoms with van der Waals surface area (Å²) in [6.07, 6.45) is 7.16. The Kier molecular flexibility index (Phi) is 3.56. The van der Waals surface area contributed by atoms with Crippen LogP contribution >= 0.6 is 0 Å². The molecule has 1 aliphatic rings. The molecular formula is C14H15N3. The zero-order valence-corrected chi connectivity index (χ0v) is 9.87. The van der Waals surface area contributed by atoms with E-state index < -0.39 is 0 Å². The van der Waals surface area contributed by atoms with Crippen molar-refractivity contribution in [1.29, 1.82) is 5.26 Å². The van der Waals surface area contributed by atoms with E-state index in [1.165, 1.54) is 0 Å². The van der Waals surface area contributed by atoms with Crippen LogP contribution in [0.3, 0.4) is 0 Å². The van der Waals surface area contributed by atoms with Gasteiger partial charge in [0.25, 0.3) is 0 Å². The van der Waals surface area contributed by atoms with Crippen LogP contribution in [-0.4, -0.2) is 11.2 Å². The molecule has 1 unspecified atom stereocenters. The van der Waals surface area contributed by atoms with Crippen LogP contribution in [0.2, 0.25) is 0 Å². The summed E-state index contributed by atoms with van der Waals surface area (Å²) in [5.41, 5.74) is 1.85. The number of rotatable bonds is 2. The molecule has 0 bridgehead atoms. The predicted octanol–water partition coefficient (Wildman–Crippen LogP) is 2.90. The number of nitriles is 1. The first-order valence-electron chi connectivity index (χ1n) is 5.74. The normalized spacial score (nSPS) is 18.8. The van der Waals surface area contributed by atoms with E-state index in [0.29, 0.717) is 11.5 Å². The number of allylic oxidation sites excluding steroid dienone is 1. The van der Waals surface area contributed by atoms with Gasteiger partial charge in [0.05, 0.1) is 18.2 Å². The lowest BCUT2D eigenvalue weighted by molar-refractivity contribution is 0.394. The lowest BCUT2D eigenvalue weighted by Crippen LogP contribution is -2.09. The van der Waals surface area contributed by atoms with Gasteiger partial charge in [-0.15, -0.1) is 0 Å². The van der Waals surface area contributed by atoms with Crippen LogP contribution in [0.25, 0.3) is 0 Å². The Morgan fingerprint density at radius 1 is 1.41 bits per heavy atom. The van der Waals surface area contributed by atoms with Gasteiger partial charge in [-0.1, -0.05) is 25.1 Å². The Bertz CT molecular complexity index is 465. The molecule has 3 nitrogen and oxygen atoms in total. The van der Waals surface area contributed by atoms with Gasteiger partial charge < -0.3 is 0 Å². The zero-order valence-electron chi connectivity index (χ0n) is 9.87. The summed E-state index contributed by atoms with van der Waals surface area (Å²) in [5, 5.41) is 15.0. The van der Waals surface area contributed by atoms with Crippen LogP contribution in [0.15, 0.2) is 41.6 Å². The second-order valence-electron chi connectivity index (χ2n) is 4.27. The highest BCUT2D eigenvalue weighted by atomic mass is 15.4. The number of benzene rings is 1. The highest BCUT2D eigenvalue weighted by Crippen LogP contribution is 2.11. The first-order chi connectivity index (χ1) is 8.28. The van der Waals surface area contributed by atoms with Gasteiger partial charge in [0.1, 0.15) is 0 Å². The van der Waals surface area contributed by atoms with Gasteiger partial charge in [0.2, 0.25) is 0 Å². The van der Waals surface area contributed by atoms with Gasteiger partial charge >= 0.3 is 0 Å². The van der Waals surface area contributed by atoms with E-state index in [1.807, 2.05) is 41.7 Å². The first kappa shape index (κ1) is 11.4. The molecule has 0 aliphatic carbocycles. The van der Waals surface area contributed by atoms with Crippen molar-refractivity contribution >= 4 is 6.21 Å². The van der Waals surface area contributed by atoms with E-state index >= 15 is 0 Å². The molecule has 3 heteroatoms.